The minimum Gasteiger partial charge on any atom is -0.475 e. The molecule has 1 aliphatic heterocycles. The van der Waals surface area contributed by atoms with Gasteiger partial charge in [-0.25, -0.2) is 4.98 Å². The monoisotopic (exact) mass is 599 g/mol. The number of pyridine rings is 1. The smallest absolute Gasteiger partial charge is 0.417 e. The number of amides is 2. The van der Waals surface area contributed by atoms with Crippen LogP contribution < -0.4 is 10.1 Å². The number of likely N-dealkylation sites (tertiary alicyclic amines) is 1. The first-order chi connectivity index (χ1) is 20.2. The normalized spacial score (nSPS) is 17.2. The summed E-state index contributed by atoms with van der Waals surface area (Å²) < 4.78 is 46.7. The summed E-state index contributed by atoms with van der Waals surface area (Å²) in [6, 6.07) is 12.3. The van der Waals surface area contributed by atoms with Crippen molar-refractivity contribution in [2.75, 3.05) is 26.3 Å². The van der Waals surface area contributed by atoms with E-state index in [1.807, 2.05) is 30.3 Å². The Hall–Kier alpha value is -4.29. The van der Waals surface area contributed by atoms with Crippen molar-refractivity contribution in [1.82, 2.24) is 25.2 Å². The molecule has 3 heterocycles. The van der Waals surface area contributed by atoms with E-state index in [-0.39, 0.29) is 42.9 Å². The third-order valence-corrected chi connectivity index (χ3v) is 7.28. The minimum absolute atomic E-state index is 0.197. The molecule has 2 atom stereocenters. The van der Waals surface area contributed by atoms with E-state index in [0.29, 0.717) is 22.7 Å². The van der Waals surface area contributed by atoms with Gasteiger partial charge in [-0.15, -0.1) is 0 Å². The second kappa shape index (κ2) is 12.3. The molecule has 5 rings (SSSR count). The van der Waals surface area contributed by atoms with Gasteiger partial charge in [0.2, 0.25) is 5.88 Å². The lowest BCUT2D eigenvalue weighted by Crippen LogP contribution is -2.51. The van der Waals surface area contributed by atoms with Gasteiger partial charge in [-0.2, -0.15) is 13.2 Å². The Morgan fingerprint density at radius 2 is 1.86 bits per heavy atom. The van der Waals surface area contributed by atoms with Gasteiger partial charge in [0.15, 0.2) is 0 Å². The van der Waals surface area contributed by atoms with Gasteiger partial charge in [0.25, 0.3) is 11.8 Å². The predicted octanol–water partition coefficient (Wildman–Crippen LogP) is 4.50. The van der Waals surface area contributed by atoms with E-state index in [9.17, 15) is 22.8 Å². The Morgan fingerprint density at radius 3 is 2.60 bits per heavy atom. The van der Waals surface area contributed by atoms with Crippen molar-refractivity contribution in [2.45, 2.75) is 24.6 Å². The zero-order chi connectivity index (χ0) is 29.9. The second-order valence-electron chi connectivity index (χ2n) is 9.66. The average Bonchev–Trinajstić information content (AvgIpc) is 2.99. The van der Waals surface area contributed by atoms with Crippen LogP contribution in [0.25, 0.3) is 11.0 Å². The largest absolute Gasteiger partial charge is 0.475 e. The SMILES string of the molecule is O=C(N[C@@H]1CCN(C(=O)c2cc(Cl)c3nccnc3c2)C[C@@H]1c1ccccc1)c1cnc(OCCO)cc1C(F)(F)F. The van der Waals surface area contributed by atoms with Crippen molar-refractivity contribution >= 4 is 34.4 Å². The molecule has 2 aromatic carbocycles. The lowest BCUT2D eigenvalue weighted by Gasteiger charge is -2.39. The maximum atomic E-state index is 13.9. The van der Waals surface area contributed by atoms with E-state index in [4.69, 9.17) is 21.4 Å². The molecule has 0 radical (unpaired) electrons. The number of carbonyl (C=O) groups is 2. The van der Waals surface area contributed by atoms with Gasteiger partial charge in [0, 0.05) is 55.3 Å². The summed E-state index contributed by atoms with van der Waals surface area (Å²) in [5.74, 6) is -2.02. The Morgan fingerprint density at radius 1 is 1.10 bits per heavy atom. The number of benzene rings is 2. The van der Waals surface area contributed by atoms with E-state index in [1.165, 1.54) is 18.5 Å². The van der Waals surface area contributed by atoms with Crippen LogP contribution in [0.1, 0.15) is 44.2 Å². The van der Waals surface area contributed by atoms with Gasteiger partial charge >= 0.3 is 6.18 Å². The number of aromatic nitrogens is 3. The highest BCUT2D eigenvalue weighted by molar-refractivity contribution is 6.35. The molecule has 9 nitrogen and oxygen atoms in total. The summed E-state index contributed by atoms with van der Waals surface area (Å²) in [7, 11) is 0. The van der Waals surface area contributed by atoms with E-state index >= 15 is 0 Å². The van der Waals surface area contributed by atoms with Crippen LogP contribution in [-0.2, 0) is 6.18 Å². The van der Waals surface area contributed by atoms with Gasteiger partial charge in [-0.1, -0.05) is 41.9 Å². The number of fused-ring (bicyclic) bond motifs is 1. The molecule has 218 valence electrons. The van der Waals surface area contributed by atoms with E-state index in [1.54, 1.807) is 11.0 Å². The van der Waals surface area contributed by atoms with E-state index < -0.39 is 41.8 Å². The van der Waals surface area contributed by atoms with Crippen LogP contribution in [0.2, 0.25) is 5.02 Å². The van der Waals surface area contributed by atoms with Crippen LogP contribution in [-0.4, -0.2) is 69.1 Å². The maximum Gasteiger partial charge on any atom is 0.417 e. The van der Waals surface area contributed by atoms with Crippen LogP contribution in [0.3, 0.4) is 0 Å². The predicted molar refractivity (Wildman–Crippen MR) is 147 cm³/mol. The lowest BCUT2D eigenvalue weighted by atomic mass is 9.85. The van der Waals surface area contributed by atoms with E-state index in [2.05, 4.69) is 20.3 Å². The van der Waals surface area contributed by atoms with Crippen LogP contribution in [0.4, 0.5) is 13.2 Å². The zero-order valence-electron chi connectivity index (χ0n) is 22.0. The van der Waals surface area contributed by atoms with Crippen LogP contribution in [0, 0.1) is 0 Å². The number of hydrogen-bond acceptors (Lipinski definition) is 7. The Labute approximate surface area is 243 Å². The minimum atomic E-state index is -4.85. The summed E-state index contributed by atoms with van der Waals surface area (Å²) in [4.78, 5) is 40.7. The molecule has 2 aromatic heterocycles. The molecule has 1 aliphatic rings. The first-order valence-corrected chi connectivity index (χ1v) is 13.4. The zero-order valence-corrected chi connectivity index (χ0v) is 22.8. The molecule has 1 fully saturated rings. The maximum absolute atomic E-state index is 13.9. The lowest BCUT2D eigenvalue weighted by molar-refractivity contribution is -0.138. The van der Waals surface area contributed by atoms with Crippen molar-refractivity contribution in [3.63, 3.8) is 0 Å². The molecule has 4 aromatic rings. The fourth-order valence-electron chi connectivity index (χ4n) is 5.01. The quantitative estimate of drug-likeness (QED) is 0.321. The fourth-order valence-corrected chi connectivity index (χ4v) is 5.28. The average molecular weight is 600 g/mol. The number of piperidine rings is 1. The van der Waals surface area contributed by atoms with Crippen molar-refractivity contribution in [1.29, 1.82) is 0 Å². The summed E-state index contributed by atoms with van der Waals surface area (Å²) in [6.45, 7) is -0.218. The van der Waals surface area contributed by atoms with Crippen LogP contribution >= 0.6 is 11.6 Å². The molecule has 2 N–H and O–H groups in total. The molecule has 42 heavy (non-hydrogen) atoms. The highest BCUT2D eigenvalue weighted by atomic mass is 35.5. The summed E-state index contributed by atoms with van der Waals surface area (Å²) in [6.07, 6.45) is -0.751. The standard InChI is InChI=1S/C29H25ClF3N5O4/c30-22-12-18(13-24-26(22)35-8-7-34-24)28(41)38-9-6-23(20(16-38)17-4-2-1-3-5-17)37-27(40)19-15-36-25(42-11-10-39)14-21(19)29(31,32)33/h1-5,7-8,12-15,20,23,39H,6,9-11,16H2,(H,37,40)/t20-,23-/m1/s1. The highest BCUT2D eigenvalue weighted by Crippen LogP contribution is 2.35. The third-order valence-electron chi connectivity index (χ3n) is 6.99. The number of aliphatic hydroxyl groups is 1. The molecule has 0 saturated carbocycles. The summed E-state index contributed by atoms with van der Waals surface area (Å²) >= 11 is 6.36. The molecule has 2 amide bonds. The number of ether oxygens (including phenoxy) is 1. The third kappa shape index (κ3) is 6.29. The number of alkyl halides is 3. The van der Waals surface area contributed by atoms with Gasteiger partial charge in [0.1, 0.15) is 12.1 Å². The Bertz CT molecular complexity index is 1610. The summed E-state index contributed by atoms with van der Waals surface area (Å²) in [5.41, 5.74) is 0.215. The molecule has 1 saturated heterocycles. The number of aliphatic hydroxyl groups excluding tert-OH is 1. The Balaban J connectivity index is 1.40. The van der Waals surface area contributed by atoms with Crippen LogP contribution in [0.15, 0.2) is 67.1 Å². The Kier molecular flexibility index (Phi) is 8.55. The number of hydrogen-bond donors (Lipinski definition) is 2. The number of rotatable bonds is 7. The number of nitrogens with one attached hydrogen (secondary N) is 1. The van der Waals surface area contributed by atoms with E-state index in [0.717, 1.165) is 11.8 Å². The van der Waals surface area contributed by atoms with Crippen molar-refractivity contribution in [3.8, 4) is 5.88 Å². The van der Waals surface area contributed by atoms with Gasteiger partial charge in [-0.3, -0.25) is 19.6 Å². The van der Waals surface area contributed by atoms with Crippen LogP contribution in [0.5, 0.6) is 5.88 Å². The van der Waals surface area contributed by atoms with Gasteiger partial charge in [0.05, 0.1) is 28.3 Å². The fraction of sp³-hybridized carbons (Fsp3) is 0.276. The first-order valence-electron chi connectivity index (χ1n) is 13.0. The number of carbonyl (C=O) groups excluding carboxylic acids is 2. The molecule has 0 bridgehead atoms. The molecule has 13 heteroatoms. The summed E-state index contributed by atoms with van der Waals surface area (Å²) in [5, 5.41) is 11.9. The van der Waals surface area contributed by atoms with Crippen molar-refractivity contribution in [2.24, 2.45) is 0 Å². The number of halogens is 4. The molecule has 0 aliphatic carbocycles. The topological polar surface area (TPSA) is 118 Å². The van der Waals surface area contributed by atoms with Gasteiger partial charge < -0.3 is 20.1 Å². The second-order valence-corrected chi connectivity index (χ2v) is 10.1. The molecular formula is C29H25ClF3N5O4. The first kappa shape index (κ1) is 29.2. The molecule has 0 unspecified atom stereocenters. The van der Waals surface area contributed by atoms with Gasteiger partial charge in [-0.05, 0) is 24.1 Å². The van der Waals surface area contributed by atoms with Crippen molar-refractivity contribution < 1.29 is 32.6 Å². The molecular weight excluding hydrogens is 575 g/mol. The number of nitrogens with zero attached hydrogens (tertiary/aromatic N) is 4. The highest BCUT2D eigenvalue weighted by Gasteiger charge is 2.39. The van der Waals surface area contributed by atoms with Crippen molar-refractivity contribution in [3.05, 3.63) is 94.4 Å². The molecule has 0 spiro atoms.